The van der Waals surface area contributed by atoms with Gasteiger partial charge < -0.3 is 10.8 Å². The number of carbonyl (C=O) groups excluding carboxylic acids is 1. The predicted molar refractivity (Wildman–Crippen MR) is 88.7 cm³/mol. The van der Waals surface area contributed by atoms with E-state index in [1.54, 1.807) is 18.3 Å². The molecule has 0 saturated carbocycles. The highest BCUT2D eigenvalue weighted by Gasteiger charge is 2.18. The molecule has 0 fully saturated rings. The van der Waals surface area contributed by atoms with Crippen LogP contribution in [0, 0.1) is 0 Å². The summed E-state index contributed by atoms with van der Waals surface area (Å²) < 4.78 is 1.35. The molecule has 0 unspecified atom stereocenters. The van der Waals surface area contributed by atoms with E-state index in [1.165, 1.54) is 28.8 Å². The first-order valence-electron chi connectivity index (χ1n) is 6.98. The first-order chi connectivity index (χ1) is 11.4. The summed E-state index contributed by atoms with van der Waals surface area (Å²) in [4.78, 5) is 12.8. The molecule has 3 aromatic rings. The van der Waals surface area contributed by atoms with Crippen molar-refractivity contribution in [3.05, 3.63) is 58.7 Å². The number of anilines is 1. The van der Waals surface area contributed by atoms with E-state index >= 15 is 0 Å². The summed E-state index contributed by atoms with van der Waals surface area (Å²) in [6, 6.07) is 8.93. The third-order valence-electron chi connectivity index (χ3n) is 3.73. The third-order valence-corrected chi connectivity index (χ3v) is 4.05. The number of carbonyl (C=O) groups is 1. The van der Waals surface area contributed by atoms with Crippen LogP contribution in [0.25, 0.3) is 10.9 Å². The normalized spacial score (nSPS) is 11.0. The third kappa shape index (κ3) is 2.59. The van der Waals surface area contributed by atoms with Crippen LogP contribution in [0.1, 0.15) is 15.9 Å². The number of hydrogen-bond donors (Lipinski definition) is 4. The molecule has 3 rings (SSSR count). The van der Waals surface area contributed by atoms with Gasteiger partial charge in [-0.3, -0.25) is 19.8 Å². The van der Waals surface area contributed by atoms with Gasteiger partial charge in [0.1, 0.15) is 11.4 Å². The maximum Gasteiger partial charge on any atom is 0.262 e. The minimum absolute atomic E-state index is 0.0354. The number of halogens is 1. The molecule has 0 aliphatic rings. The van der Waals surface area contributed by atoms with Crippen molar-refractivity contribution in [3.63, 3.8) is 0 Å². The number of nitrogens with zero attached hydrogens (tertiary/aromatic N) is 2. The molecule has 0 amide bonds. The highest BCUT2D eigenvalue weighted by atomic mass is 35.5. The second-order valence-electron chi connectivity index (χ2n) is 5.16. The number of aromatic nitrogens is 1. The molecule has 0 aliphatic carbocycles. The zero-order chi connectivity index (χ0) is 17.4. The Morgan fingerprint density at radius 1 is 1.25 bits per heavy atom. The van der Waals surface area contributed by atoms with Gasteiger partial charge in [0, 0.05) is 23.7 Å². The van der Waals surface area contributed by atoms with E-state index in [1.807, 2.05) is 0 Å². The van der Waals surface area contributed by atoms with Crippen LogP contribution in [-0.4, -0.2) is 26.0 Å². The summed E-state index contributed by atoms with van der Waals surface area (Å²) in [7, 11) is 0. The van der Waals surface area contributed by atoms with Gasteiger partial charge in [0.15, 0.2) is 0 Å². The van der Waals surface area contributed by atoms with Gasteiger partial charge in [-0.1, -0.05) is 17.7 Å². The maximum atomic E-state index is 12.8. The molecule has 1 aromatic heterocycles. The summed E-state index contributed by atoms with van der Waals surface area (Å²) in [5.74, 6) is -0.391. The fraction of sp³-hybridized carbons (Fsp3) is 0.0625. The highest BCUT2D eigenvalue weighted by molar-refractivity contribution is 6.33. The minimum atomic E-state index is -0.426. The predicted octanol–water partition coefficient (Wildman–Crippen LogP) is 2.73. The Morgan fingerprint density at radius 2 is 2.00 bits per heavy atom. The molecule has 0 saturated heterocycles. The second kappa shape index (κ2) is 6.14. The number of nitrogens with two attached hydrogens (primary N) is 1. The average molecular weight is 348 g/mol. The maximum absolute atomic E-state index is 12.8. The molecule has 0 spiro atoms. The molecule has 0 bridgehead atoms. The van der Waals surface area contributed by atoms with Crippen molar-refractivity contribution in [1.29, 1.82) is 0 Å². The first kappa shape index (κ1) is 16.3. The van der Waals surface area contributed by atoms with Gasteiger partial charge in [0.25, 0.3) is 5.91 Å². The van der Waals surface area contributed by atoms with E-state index in [0.29, 0.717) is 16.5 Å². The zero-order valence-corrected chi connectivity index (χ0v) is 13.1. The molecule has 1 heterocycles. The number of aromatic hydroxyl groups is 1. The van der Waals surface area contributed by atoms with Crippen LogP contribution in [0.5, 0.6) is 5.75 Å². The van der Waals surface area contributed by atoms with E-state index in [-0.39, 0.29) is 33.8 Å². The lowest BCUT2D eigenvalue weighted by Crippen LogP contribution is -2.15. The summed E-state index contributed by atoms with van der Waals surface area (Å²) in [5.41, 5.74) is 6.88. The molecular weight excluding hydrogens is 334 g/mol. The first-order valence-corrected chi connectivity index (χ1v) is 7.36. The van der Waals surface area contributed by atoms with Crippen molar-refractivity contribution in [3.8, 4) is 5.75 Å². The molecule has 0 atom stereocenters. The Hall–Kier alpha value is -2.58. The van der Waals surface area contributed by atoms with Crippen LogP contribution in [0.3, 0.4) is 0 Å². The van der Waals surface area contributed by atoms with Crippen LogP contribution >= 0.6 is 11.6 Å². The Balaban J connectivity index is 2.16. The fourth-order valence-electron chi connectivity index (χ4n) is 2.61. The van der Waals surface area contributed by atoms with Gasteiger partial charge in [0.05, 0.1) is 10.5 Å². The van der Waals surface area contributed by atoms with Gasteiger partial charge in [0.2, 0.25) is 0 Å². The number of phenolic OH excluding ortho intramolecular Hbond substituents is 1. The Morgan fingerprint density at radius 3 is 2.67 bits per heavy atom. The van der Waals surface area contributed by atoms with Gasteiger partial charge in [-0.05, 0) is 35.9 Å². The molecule has 8 heteroatoms. The van der Waals surface area contributed by atoms with Crippen molar-refractivity contribution >= 4 is 34.1 Å². The molecule has 24 heavy (non-hydrogen) atoms. The number of benzene rings is 2. The second-order valence-corrected chi connectivity index (χ2v) is 5.57. The van der Waals surface area contributed by atoms with Crippen LogP contribution in [0.15, 0.2) is 42.6 Å². The van der Waals surface area contributed by atoms with Crippen molar-refractivity contribution in [2.24, 2.45) is 5.73 Å². The van der Waals surface area contributed by atoms with Crippen LogP contribution in [0.4, 0.5) is 5.69 Å². The lowest BCUT2D eigenvalue weighted by Gasteiger charge is -2.12. The lowest BCUT2D eigenvalue weighted by atomic mass is 10.1. The zero-order valence-electron chi connectivity index (χ0n) is 12.3. The van der Waals surface area contributed by atoms with E-state index in [9.17, 15) is 9.90 Å². The summed E-state index contributed by atoms with van der Waals surface area (Å²) in [6.45, 7) is 0.154. The van der Waals surface area contributed by atoms with Crippen molar-refractivity contribution < 1.29 is 20.3 Å². The number of rotatable bonds is 3. The number of hydrogen-bond acceptors (Lipinski definition) is 6. The van der Waals surface area contributed by atoms with Crippen LogP contribution in [0.2, 0.25) is 5.02 Å². The Kier molecular flexibility index (Phi) is 4.16. The molecular formula is C16H14ClN3O4. The average Bonchev–Trinajstić information content (AvgIpc) is 2.94. The number of fused-ring (bicyclic) bond motifs is 1. The van der Waals surface area contributed by atoms with E-state index in [2.05, 4.69) is 0 Å². The lowest BCUT2D eigenvalue weighted by molar-refractivity contribution is 0.0292. The Bertz CT molecular complexity index is 936. The fourth-order valence-corrected chi connectivity index (χ4v) is 2.80. The molecule has 7 nitrogen and oxygen atoms in total. The smallest absolute Gasteiger partial charge is 0.262 e. The van der Waals surface area contributed by atoms with Gasteiger partial charge in [-0.2, -0.15) is 0 Å². The quantitative estimate of drug-likeness (QED) is 0.542. The van der Waals surface area contributed by atoms with E-state index in [0.717, 1.165) is 0 Å². The van der Waals surface area contributed by atoms with E-state index < -0.39 is 5.91 Å². The van der Waals surface area contributed by atoms with Gasteiger partial charge in [-0.25, -0.2) is 0 Å². The van der Waals surface area contributed by atoms with Gasteiger partial charge in [-0.15, -0.1) is 5.23 Å². The molecule has 0 aliphatic heterocycles. The largest absolute Gasteiger partial charge is 0.507 e. The van der Waals surface area contributed by atoms with Crippen molar-refractivity contribution in [2.45, 2.75) is 6.54 Å². The van der Waals surface area contributed by atoms with Crippen molar-refractivity contribution in [1.82, 2.24) is 4.57 Å². The standard InChI is InChI=1S/C16H14ClN3O4/c17-11-5-4-9(6-13(11)20(23)24)16(22)19-8-10(7-18)15-12(19)2-1-3-14(15)21/h1-6,8,21,23-24H,7,18H2. The summed E-state index contributed by atoms with van der Waals surface area (Å²) >= 11 is 5.85. The molecule has 2 aromatic carbocycles. The van der Waals surface area contributed by atoms with Crippen LogP contribution < -0.4 is 11.0 Å². The molecule has 124 valence electrons. The SMILES string of the molecule is NCc1cn(C(=O)c2ccc(Cl)c(N(O)O)c2)c2cccc(O)c12. The van der Waals surface area contributed by atoms with Gasteiger partial charge >= 0.3 is 0 Å². The van der Waals surface area contributed by atoms with Crippen LogP contribution in [-0.2, 0) is 6.54 Å². The summed E-state index contributed by atoms with van der Waals surface area (Å²) in [6.07, 6.45) is 1.55. The number of phenols is 1. The highest BCUT2D eigenvalue weighted by Crippen LogP contribution is 2.31. The van der Waals surface area contributed by atoms with E-state index in [4.69, 9.17) is 27.7 Å². The minimum Gasteiger partial charge on any atom is -0.507 e. The topological polar surface area (TPSA) is 112 Å². The van der Waals surface area contributed by atoms with Crippen molar-refractivity contribution in [2.75, 3.05) is 5.23 Å². The molecule has 5 N–H and O–H groups in total. The monoisotopic (exact) mass is 347 g/mol. The molecule has 0 radical (unpaired) electrons. The summed E-state index contributed by atoms with van der Waals surface area (Å²) in [5, 5.41) is 28.8. The Labute approximate surface area is 141 Å².